The smallest absolute Gasteiger partial charge is 0.105 e. The maximum Gasteiger partial charge on any atom is 0.105 e. The Balaban J connectivity index is 2.19. The van der Waals surface area contributed by atoms with Crippen molar-refractivity contribution in [1.29, 1.82) is 0 Å². The van der Waals surface area contributed by atoms with Gasteiger partial charge in [-0.3, -0.25) is 0 Å². The molecule has 3 rings (SSSR count). The Morgan fingerprint density at radius 1 is 1.15 bits per heavy atom. The standard InChI is InChI=1S/C17H22O2Si/c1-11-14-13(10-19-11)17(20(2,3)4)16(18)15(14)12-8-6-5-7-9-12/h5-9,11,17-18H,10H2,1-4H3. The van der Waals surface area contributed by atoms with Gasteiger partial charge in [-0.25, -0.2) is 0 Å². The molecule has 1 aliphatic carbocycles. The monoisotopic (exact) mass is 286 g/mol. The van der Waals surface area contributed by atoms with Crippen molar-refractivity contribution in [3.05, 3.63) is 52.8 Å². The lowest BCUT2D eigenvalue weighted by Gasteiger charge is -2.27. The van der Waals surface area contributed by atoms with Crippen LogP contribution < -0.4 is 0 Å². The van der Waals surface area contributed by atoms with E-state index in [-0.39, 0.29) is 11.6 Å². The summed E-state index contributed by atoms with van der Waals surface area (Å²) in [7, 11) is -1.52. The zero-order valence-corrected chi connectivity index (χ0v) is 13.6. The van der Waals surface area contributed by atoms with Crippen LogP contribution in [0.4, 0.5) is 0 Å². The predicted octanol–water partition coefficient (Wildman–Crippen LogP) is 4.39. The van der Waals surface area contributed by atoms with Gasteiger partial charge in [-0.05, 0) is 23.6 Å². The van der Waals surface area contributed by atoms with E-state index in [0.717, 1.165) is 11.1 Å². The molecule has 20 heavy (non-hydrogen) atoms. The second-order valence-electron chi connectivity index (χ2n) is 6.82. The minimum Gasteiger partial charge on any atom is -0.511 e. The molecule has 2 unspecified atom stereocenters. The van der Waals surface area contributed by atoms with E-state index < -0.39 is 8.07 Å². The highest BCUT2D eigenvalue weighted by Crippen LogP contribution is 2.53. The first kappa shape index (κ1) is 13.7. The molecule has 0 spiro atoms. The van der Waals surface area contributed by atoms with Gasteiger partial charge >= 0.3 is 0 Å². The summed E-state index contributed by atoms with van der Waals surface area (Å²) in [4.78, 5) is 0. The van der Waals surface area contributed by atoms with Crippen LogP contribution in [0.15, 0.2) is 47.2 Å². The molecule has 2 aliphatic rings. The van der Waals surface area contributed by atoms with Gasteiger partial charge in [0.25, 0.3) is 0 Å². The molecule has 0 bridgehead atoms. The van der Waals surface area contributed by atoms with Crippen LogP contribution in [-0.2, 0) is 4.74 Å². The Bertz CT molecular complexity index is 593. The average molecular weight is 286 g/mol. The first-order valence-corrected chi connectivity index (χ1v) is 10.8. The second kappa shape index (κ2) is 4.60. The largest absolute Gasteiger partial charge is 0.511 e. The second-order valence-corrected chi connectivity index (χ2v) is 12.1. The summed E-state index contributed by atoms with van der Waals surface area (Å²) in [5, 5.41) is 10.9. The molecule has 3 heteroatoms. The van der Waals surface area contributed by atoms with E-state index in [1.54, 1.807) is 0 Å². The van der Waals surface area contributed by atoms with Gasteiger partial charge < -0.3 is 9.84 Å². The van der Waals surface area contributed by atoms with Crippen molar-refractivity contribution in [3.63, 3.8) is 0 Å². The Morgan fingerprint density at radius 3 is 2.40 bits per heavy atom. The maximum atomic E-state index is 10.9. The summed E-state index contributed by atoms with van der Waals surface area (Å²) in [5.41, 5.74) is 4.90. The van der Waals surface area contributed by atoms with Crippen molar-refractivity contribution in [2.24, 2.45) is 0 Å². The summed E-state index contributed by atoms with van der Waals surface area (Å²) < 4.78 is 5.85. The average Bonchev–Trinajstić information content (AvgIpc) is 2.87. The van der Waals surface area contributed by atoms with Gasteiger partial charge in [0.1, 0.15) is 5.76 Å². The molecule has 2 nitrogen and oxygen atoms in total. The molecule has 1 aromatic rings. The van der Waals surface area contributed by atoms with Crippen molar-refractivity contribution in [1.82, 2.24) is 0 Å². The van der Waals surface area contributed by atoms with Crippen molar-refractivity contribution < 1.29 is 9.84 Å². The third-order valence-electron chi connectivity index (χ3n) is 4.32. The third kappa shape index (κ3) is 1.96. The van der Waals surface area contributed by atoms with Crippen molar-refractivity contribution in [2.45, 2.75) is 38.2 Å². The van der Waals surface area contributed by atoms with Crippen molar-refractivity contribution in [3.8, 4) is 0 Å². The molecule has 0 saturated heterocycles. The van der Waals surface area contributed by atoms with E-state index in [0.29, 0.717) is 12.4 Å². The van der Waals surface area contributed by atoms with Crippen LogP contribution in [0.1, 0.15) is 12.5 Å². The third-order valence-corrected chi connectivity index (χ3v) is 6.67. The van der Waals surface area contributed by atoms with Crippen LogP contribution in [0.3, 0.4) is 0 Å². The summed E-state index contributed by atoms with van der Waals surface area (Å²) in [6.45, 7) is 9.71. The number of benzene rings is 1. The number of aliphatic hydroxyl groups is 1. The van der Waals surface area contributed by atoms with Crippen molar-refractivity contribution >= 4 is 13.6 Å². The van der Waals surface area contributed by atoms with Gasteiger partial charge in [-0.15, -0.1) is 0 Å². The maximum absolute atomic E-state index is 10.9. The SMILES string of the molecule is CC1OCC2=C1C(c1ccccc1)=C(O)C2[Si](C)(C)C. The number of rotatable bonds is 2. The molecule has 106 valence electrons. The van der Waals surface area contributed by atoms with E-state index >= 15 is 0 Å². The van der Waals surface area contributed by atoms with Crippen LogP contribution in [-0.4, -0.2) is 25.9 Å². The Morgan fingerprint density at radius 2 is 1.80 bits per heavy atom. The van der Waals surface area contributed by atoms with Gasteiger partial charge in [0, 0.05) is 11.1 Å². The normalized spacial score (nSPS) is 26.4. The topological polar surface area (TPSA) is 29.5 Å². The number of allylic oxidation sites excluding steroid dienone is 1. The fourth-order valence-corrected chi connectivity index (χ4v) is 5.78. The Labute approximate surface area is 121 Å². The Hall–Kier alpha value is -1.32. The number of ether oxygens (including phenoxy) is 1. The molecule has 1 N–H and O–H groups in total. The first-order chi connectivity index (χ1) is 9.41. The summed E-state index contributed by atoms with van der Waals surface area (Å²) in [6.07, 6.45) is 0.0868. The molecule has 1 heterocycles. The van der Waals surface area contributed by atoms with Crippen LogP contribution in [0.25, 0.3) is 5.57 Å². The van der Waals surface area contributed by atoms with Crippen LogP contribution in [0.2, 0.25) is 25.2 Å². The number of aliphatic hydroxyl groups excluding tert-OH is 1. The van der Waals surface area contributed by atoms with Crippen LogP contribution in [0, 0.1) is 0 Å². The lowest BCUT2D eigenvalue weighted by atomic mass is 9.96. The molecule has 2 atom stereocenters. The van der Waals surface area contributed by atoms with Gasteiger partial charge in [-0.2, -0.15) is 0 Å². The molecule has 0 radical (unpaired) electrons. The van der Waals surface area contributed by atoms with Crippen molar-refractivity contribution in [2.75, 3.05) is 6.61 Å². The number of hydrogen-bond donors (Lipinski definition) is 1. The van der Waals surface area contributed by atoms with Crippen LogP contribution in [0.5, 0.6) is 0 Å². The first-order valence-electron chi connectivity index (χ1n) is 7.24. The summed E-state index contributed by atoms with van der Waals surface area (Å²) >= 11 is 0. The fourth-order valence-electron chi connectivity index (χ4n) is 3.53. The predicted molar refractivity (Wildman–Crippen MR) is 85.5 cm³/mol. The molecular weight excluding hydrogens is 264 g/mol. The highest BCUT2D eigenvalue weighted by Gasteiger charge is 2.45. The summed E-state index contributed by atoms with van der Waals surface area (Å²) in [5.74, 6) is 0.579. The highest BCUT2D eigenvalue weighted by molar-refractivity contribution is 6.79. The lowest BCUT2D eigenvalue weighted by Crippen LogP contribution is -2.30. The zero-order chi connectivity index (χ0) is 14.5. The minimum atomic E-state index is -1.52. The van der Waals surface area contributed by atoms with Crippen LogP contribution >= 0.6 is 0 Å². The van der Waals surface area contributed by atoms with E-state index in [4.69, 9.17) is 4.74 Å². The van der Waals surface area contributed by atoms with E-state index in [1.807, 2.05) is 18.2 Å². The quantitative estimate of drug-likeness (QED) is 0.817. The molecular formula is C17H22O2Si. The molecule has 0 aromatic heterocycles. The van der Waals surface area contributed by atoms with Gasteiger partial charge in [0.2, 0.25) is 0 Å². The lowest BCUT2D eigenvalue weighted by molar-refractivity contribution is 0.133. The zero-order valence-electron chi connectivity index (χ0n) is 12.6. The molecule has 1 aromatic carbocycles. The molecule has 0 fully saturated rings. The number of hydrogen-bond acceptors (Lipinski definition) is 2. The van der Waals surface area contributed by atoms with E-state index in [9.17, 15) is 5.11 Å². The van der Waals surface area contributed by atoms with E-state index in [1.165, 1.54) is 11.1 Å². The van der Waals surface area contributed by atoms with Gasteiger partial charge in [0.05, 0.1) is 20.8 Å². The molecule has 0 saturated carbocycles. The Kier molecular flexibility index (Phi) is 3.14. The van der Waals surface area contributed by atoms with Gasteiger partial charge in [-0.1, -0.05) is 50.0 Å². The summed E-state index contributed by atoms with van der Waals surface area (Å²) in [6, 6.07) is 10.2. The molecule has 1 aliphatic heterocycles. The highest BCUT2D eigenvalue weighted by atomic mass is 28.3. The molecule has 0 amide bonds. The fraction of sp³-hybridized carbons (Fsp3) is 0.412. The van der Waals surface area contributed by atoms with E-state index in [2.05, 4.69) is 38.7 Å². The minimum absolute atomic E-state index is 0.0868. The van der Waals surface area contributed by atoms with Gasteiger partial charge in [0.15, 0.2) is 0 Å².